The van der Waals surface area contributed by atoms with E-state index in [2.05, 4.69) is 9.88 Å². The maximum absolute atomic E-state index is 12.9. The van der Waals surface area contributed by atoms with Crippen molar-refractivity contribution >= 4 is 34.5 Å². The summed E-state index contributed by atoms with van der Waals surface area (Å²) in [7, 11) is 0. The molecule has 0 saturated carbocycles. The second-order valence-electron chi connectivity index (χ2n) is 6.70. The SMILES string of the molecule is O=C(c1ccc(-n2ccnc2)c([N+](=O)[O-])c1)N1CCN(Cc2ccc(Cl)s2)CC1. The summed E-state index contributed by atoms with van der Waals surface area (Å²) in [6, 6.07) is 8.47. The zero-order valence-corrected chi connectivity index (χ0v) is 17.0. The number of nitro benzene ring substituents is 1. The largest absolute Gasteiger partial charge is 0.336 e. The molecule has 0 radical (unpaired) electrons. The lowest BCUT2D eigenvalue weighted by Gasteiger charge is -2.34. The first-order valence-electron chi connectivity index (χ1n) is 9.04. The van der Waals surface area contributed by atoms with Crippen molar-refractivity contribution in [1.82, 2.24) is 19.4 Å². The van der Waals surface area contributed by atoms with Crippen molar-refractivity contribution in [3.05, 3.63) is 73.9 Å². The number of halogens is 1. The molecule has 0 unspecified atom stereocenters. The van der Waals surface area contributed by atoms with Gasteiger partial charge >= 0.3 is 0 Å². The molecule has 0 bridgehead atoms. The predicted molar refractivity (Wildman–Crippen MR) is 111 cm³/mol. The number of carbonyl (C=O) groups excluding carboxylic acids is 1. The van der Waals surface area contributed by atoms with Crippen LogP contribution in [0.25, 0.3) is 5.69 Å². The molecule has 150 valence electrons. The lowest BCUT2D eigenvalue weighted by Crippen LogP contribution is -2.48. The molecule has 8 nitrogen and oxygen atoms in total. The van der Waals surface area contributed by atoms with Crippen molar-refractivity contribution in [3.8, 4) is 5.69 Å². The van der Waals surface area contributed by atoms with Gasteiger partial charge in [-0.15, -0.1) is 11.3 Å². The lowest BCUT2D eigenvalue weighted by atomic mass is 10.1. The molecule has 0 spiro atoms. The van der Waals surface area contributed by atoms with Crippen molar-refractivity contribution in [1.29, 1.82) is 0 Å². The maximum Gasteiger partial charge on any atom is 0.294 e. The van der Waals surface area contributed by atoms with E-state index in [1.165, 1.54) is 17.3 Å². The third kappa shape index (κ3) is 4.31. The molecular formula is C19H18ClN5O3S. The molecule has 1 aromatic carbocycles. The molecule has 1 aliphatic heterocycles. The Bertz CT molecular complexity index is 1030. The van der Waals surface area contributed by atoms with Gasteiger partial charge in [0.2, 0.25) is 0 Å². The molecule has 0 atom stereocenters. The minimum atomic E-state index is -0.476. The fraction of sp³-hybridized carbons (Fsp3) is 0.263. The number of nitrogens with zero attached hydrogens (tertiary/aromatic N) is 5. The maximum atomic E-state index is 12.9. The summed E-state index contributed by atoms with van der Waals surface area (Å²) in [6.45, 7) is 3.46. The zero-order chi connectivity index (χ0) is 20.4. The highest BCUT2D eigenvalue weighted by Crippen LogP contribution is 2.26. The molecule has 10 heteroatoms. The molecular weight excluding hydrogens is 414 g/mol. The van der Waals surface area contributed by atoms with E-state index in [1.807, 2.05) is 12.1 Å². The summed E-state index contributed by atoms with van der Waals surface area (Å²) >= 11 is 7.55. The minimum absolute atomic E-state index is 0.123. The Kier molecular flexibility index (Phi) is 5.61. The molecule has 1 saturated heterocycles. The fourth-order valence-electron chi connectivity index (χ4n) is 3.37. The first-order valence-corrected chi connectivity index (χ1v) is 10.2. The molecule has 1 aliphatic rings. The molecule has 3 heterocycles. The van der Waals surface area contributed by atoms with Crippen molar-refractivity contribution in [2.24, 2.45) is 0 Å². The van der Waals surface area contributed by atoms with Gasteiger partial charge in [-0.1, -0.05) is 11.6 Å². The Hall–Kier alpha value is -2.75. The molecule has 0 aliphatic carbocycles. The first kappa shape index (κ1) is 19.6. The first-order chi connectivity index (χ1) is 14.0. The number of rotatable bonds is 5. The van der Waals surface area contributed by atoms with Gasteiger partial charge in [0, 0.05) is 61.6 Å². The van der Waals surface area contributed by atoms with E-state index < -0.39 is 4.92 Å². The van der Waals surface area contributed by atoms with E-state index in [0.29, 0.717) is 24.3 Å². The predicted octanol–water partition coefficient (Wildman–Crippen LogP) is 3.45. The third-order valence-corrected chi connectivity index (χ3v) is 6.09. The Morgan fingerprint density at radius 2 is 2.00 bits per heavy atom. The van der Waals surface area contributed by atoms with Crippen LogP contribution in [-0.2, 0) is 6.54 Å². The van der Waals surface area contributed by atoms with Gasteiger partial charge in [-0.3, -0.25) is 19.8 Å². The Balaban J connectivity index is 1.44. The topological polar surface area (TPSA) is 84.5 Å². The fourth-order valence-corrected chi connectivity index (χ4v) is 4.50. The Labute approximate surface area is 176 Å². The van der Waals surface area contributed by atoms with Gasteiger partial charge in [0.05, 0.1) is 15.6 Å². The van der Waals surface area contributed by atoms with Crippen LogP contribution in [0.3, 0.4) is 0 Å². The molecule has 2 aromatic heterocycles. The van der Waals surface area contributed by atoms with Crippen LogP contribution < -0.4 is 0 Å². The van der Waals surface area contributed by atoms with E-state index >= 15 is 0 Å². The summed E-state index contributed by atoms with van der Waals surface area (Å²) in [6.07, 6.45) is 4.67. The molecule has 4 rings (SSSR count). The van der Waals surface area contributed by atoms with Crippen LogP contribution in [0.15, 0.2) is 49.1 Å². The van der Waals surface area contributed by atoms with Crippen LogP contribution >= 0.6 is 22.9 Å². The number of hydrogen-bond acceptors (Lipinski definition) is 6. The van der Waals surface area contributed by atoms with Gasteiger partial charge in [0.15, 0.2) is 0 Å². The van der Waals surface area contributed by atoms with Crippen molar-refractivity contribution in [3.63, 3.8) is 0 Å². The molecule has 1 fully saturated rings. The van der Waals surface area contributed by atoms with Crippen LogP contribution in [0.1, 0.15) is 15.2 Å². The average molecular weight is 432 g/mol. The van der Waals surface area contributed by atoms with Crippen molar-refractivity contribution in [2.45, 2.75) is 6.54 Å². The number of carbonyl (C=O) groups is 1. The smallest absolute Gasteiger partial charge is 0.294 e. The van der Waals surface area contributed by atoms with Gasteiger partial charge < -0.3 is 9.47 Å². The summed E-state index contributed by atoms with van der Waals surface area (Å²) in [5, 5.41) is 11.5. The van der Waals surface area contributed by atoms with Crippen LogP contribution in [0, 0.1) is 10.1 Å². The number of imidazole rings is 1. The number of piperazine rings is 1. The van der Waals surface area contributed by atoms with Crippen LogP contribution in [0.4, 0.5) is 5.69 Å². The summed E-state index contributed by atoms with van der Waals surface area (Å²) in [4.78, 5) is 33.1. The van der Waals surface area contributed by atoms with E-state index in [9.17, 15) is 14.9 Å². The normalized spacial score (nSPS) is 14.9. The van der Waals surface area contributed by atoms with Gasteiger partial charge in [-0.05, 0) is 24.3 Å². The second kappa shape index (κ2) is 8.32. The molecule has 3 aromatic rings. The van der Waals surface area contributed by atoms with Crippen molar-refractivity contribution < 1.29 is 9.72 Å². The summed E-state index contributed by atoms with van der Waals surface area (Å²) < 4.78 is 2.33. The summed E-state index contributed by atoms with van der Waals surface area (Å²) in [5.41, 5.74) is 0.574. The van der Waals surface area contributed by atoms with Gasteiger partial charge in [-0.2, -0.15) is 0 Å². The molecule has 0 N–H and O–H groups in total. The lowest BCUT2D eigenvalue weighted by molar-refractivity contribution is -0.384. The van der Waals surface area contributed by atoms with Gasteiger partial charge in [-0.25, -0.2) is 4.98 Å². The number of hydrogen-bond donors (Lipinski definition) is 0. The minimum Gasteiger partial charge on any atom is -0.336 e. The van der Waals surface area contributed by atoms with Gasteiger partial charge in [0.25, 0.3) is 11.6 Å². The highest BCUT2D eigenvalue weighted by atomic mass is 35.5. The third-order valence-electron chi connectivity index (χ3n) is 4.87. The number of amides is 1. The number of nitro groups is 1. The van der Waals surface area contributed by atoms with Crippen LogP contribution in [0.2, 0.25) is 4.34 Å². The standard InChI is InChI=1S/C19H18ClN5O3S/c20-18-4-2-15(29-18)12-22-7-9-23(10-8-22)19(26)14-1-3-16(17(11-14)25(27)28)24-6-5-21-13-24/h1-6,11,13H,7-10,12H2. The van der Waals surface area contributed by atoms with E-state index in [1.54, 1.807) is 45.3 Å². The highest BCUT2D eigenvalue weighted by molar-refractivity contribution is 7.16. The van der Waals surface area contributed by atoms with E-state index in [4.69, 9.17) is 11.6 Å². The van der Waals surface area contributed by atoms with Crippen LogP contribution in [0.5, 0.6) is 0 Å². The average Bonchev–Trinajstić information content (AvgIpc) is 3.39. The summed E-state index contributed by atoms with van der Waals surface area (Å²) in [5.74, 6) is -0.191. The molecule has 29 heavy (non-hydrogen) atoms. The zero-order valence-electron chi connectivity index (χ0n) is 15.4. The van der Waals surface area contributed by atoms with Gasteiger partial charge in [0.1, 0.15) is 5.69 Å². The highest BCUT2D eigenvalue weighted by Gasteiger charge is 2.25. The Morgan fingerprint density at radius 3 is 2.62 bits per heavy atom. The van der Waals surface area contributed by atoms with E-state index in [-0.39, 0.29) is 11.6 Å². The van der Waals surface area contributed by atoms with Crippen LogP contribution in [-0.4, -0.2) is 56.4 Å². The number of thiophene rings is 1. The number of benzene rings is 1. The second-order valence-corrected chi connectivity index (χ2v) is 8.50. The number of aromatic nitrogens is 2. The van der Waals surface area contributed by atoms with E-state index in [0.717, 1.165) is 24.0 Å². The monoisotopic (exact) mass is 431 g/mol. The quantitative estimate of drug-likeness (QED) is 0.456. The van der Waals surface area contributed by atoms with Crippen molar-refractivity contribution in [2.75, 3.05) is 26.2 Å². The molecule has 1 amide bonds. The Morgan fingerprint density at radius 1 is 1.21 bits per heavy atom.